The van der Waals surface area contributed by atoms with E-state index >= 15 is 0 Å². The smallest absolute Gasteiger partial charge is 0.258 e. The summed E-state index contributed by atoms with van der Waals surface area (Å²) in [4.78, 5) is 29.9. The fourth-order valence-electron chi connectivity index (χ4n) is 5.10. The van der Waals surface area contributed by atoms with Gasteiger partial charge in [0, 0.05) is 36.8 Å². The Morgan fingerprint density at radius 2 is 1.80 bits per heavy atom. The van der Waals surface area contributed by atoms with Crippen molar-refractivity contribution >= 4 is 16.7 Å². The minimum Gasteiger partial charge on any atom is -0.341 e. The number of fused-ring (bicyclic) bond motifs is 5. The van der Waals surface area contributed by atoms with Crippen molar-refractivity contribution in [1.29, 1.82) is 0 Å². The highest BCUT2D eigenvalue weighted by molar-refractivity contribution is 5.87. The molecular formula is C25H27N3O2. The van der Waals surface area contributed by atoms with E-state index < -0.39 is 0 Å². The Kier molecular flexibility index (Phi) is 4.70. The molecule has 2 aliphatic rings. The van der Waals surface area contributed by atoms with Crippen molar-refractivity contribution in [3.63, 3.8) is 0 Å². The summed E-state index contributed by atoms with van der Waals surface area (Å²) in [7, 11) is 3.84. The summed E-state index contributed by atoms with van der Waals surface area (Å²) in [6.45, 7) is 2.58. The lowest BCUT2D eigenvalue weighted by Gasteiger charge is -2.43. The number of benzene rings is 2. The van der Waals surface area contributed by atoms with Crippen LogP contribution < -0.4 is 5.56 Å². The summed E-state index contributed by atoms with van der Waals surface area (Å²) in [5.41, 5.74) is 2.88. The molecule has 0 N–H and O–H groups in total. The van der Waals surface area contributed by atoms with Gasteiger partial charge < -0.3 is 14.4 Å². The van der Waals surface area contributed by atoms with Gasteiger partial charge in [0.15, 0.2) is 0 Å². The molecule has 2 aliphatic heterocycles. The van der Waals surface area contributed by atoms with Gasteiger partial charge in [-0.05, 0) is 61.0 Å². The van der Waals surface area contributed by atoms with Crippen molar-refractivity contribution < 1.29 is 4.79 Å². The van der Waals surface area contributed by atoms with Gasteiger partial charge in [0.25, 0.3) is 5.56 Å². The van der Waals surface area contributed by atoms with Gasteiger partial charge in [0.1, 0.15) is 0 Å². The Morgan fingerprint density at radius 1 is 1.00 bits per heavy atom. The number of piperidine rings is 1. The molecule has 30 heavy (non-hydrogen) atoms. The van der Waals surface area contributed by atoms with E-state index in [2.05, 4.69) is 30.3 Å². The molecule has 5 rings (SSSR count). The molecule has 1 aromatic heterocycles. The topological polar surface area (TPSA) is 45.6 Å². The van der Waals surface area contributed by atoms with Gasteiger partial charge in [0.2, 0.25) is 5.91 Å². The molecule has 1 fully saturated rings. The zero-order valence-electron chi connectivity index (χ0n) is 17.5. The van der Waals surface area contributed by atoms with Crippen LogP contribution in [0, 0.1) is 5.92 Å². The number of pyridine rings is 1. The zero-order valence-corrected chi connectivity index (χ0v) is 17.5. The van der Waals surface area contributed by atoms with E-state index in [1.54, 1.807) is 0 Å². The van der Waals surface area contributed by atoms with Crippen LogP contribution in [0.15, 0.2) is 59.4 Å². The van der Waals surface area contributed by atoms with Crippen LogP contribution in [0.4, 0.5) is 0 Å². The minimum absolute atomic E-state index is 0.0885. The Bertz CT molecular complexity index is 1180. The average molecular weight is 402 g/mol. The third-order valence-corrected chi connectivity index (χ3v) is 6.47. The molecule has 2 bridgehead atoms. The number of hydrogen-bond donors (Lipinski definition) is 0. The molecule has 0 aliphatic carbocycles. The van der Waals surface area contributed by atoms with Gasteiger partial charge in [-0.1, -0.05) is 36.4 Å². The van der Waals surface area contributed by atoms with E-state index in [0.29, 0.717) is 25.6 Å². The van der Waals surface area contributed by atoms with Crippen molar-refractivity contribution in [3.05, 3.63) is 70.6 Å². The van der Waals surface area contributed by atoms with Gasteiger partial charge >= 0.3 is 0 Å². The molecular weight excluding hydrogens is 374 g/mol. The maximum absolute atomic E-state index is 13.4. The van der Waals surface area contributed by atoms with E-state index in [9.17, 15) is 9.59 Å². The first-order chi connectivity index (χ1) is 14.5. The first-order valence-corrected chi connectivity index (χ1v) is 10.6. The number of amides is 1. The third-order valence-electron chi connectivity index (χ3n) is 6.47. The maximum atomic E-state index is 13.4. The summed E-state index contributed by atoms with van der Waals surface area (Å²) >= 11 is 0. The van der Waals surface area contributed by atoms with Crippen molar-refractivity contribution in [3.8, 4) is 11.1 Å². The number of aromatic nitrogens is 1. The second kappa shape index (κ2) is 7.40. The lowest BCUT2D eigenvalue weighted by atomic mass is 9.82. The van der Waals surface area contributed by atoms with Crippen LogP contribution in [0.5, 0.6) is 0 Å². The van der Waals surface area contributed by atoms with E-state index in [-0.39, 0.29) is 17.4 Å². The molecule has 0 radical (unpaired) electrons. The number of nitrogens with zero attached hydrogens (tertiary/aromatic N) is 3. The number of hydrogen-bond acceptors (Lipinski definition) is 3. The average Bonchev–Trinajstić information content (AvgIpc) is 2.73. The first-order valence-electron chi connectivity index (χ1n) is 10.6. The third kappa shape index (κ3) is 3.33. The van der Waals surface area contributed by atoms with Gasteiger partial charge in [-0.25, -0.2) is 0 Å². The Labute approximate surface area is 176 Å². The monoisotopic (exact) mass is 401 g/mol. The number of likely N-dealkylation sites (tertiary alicyclic amines) is 1. The minimum atomic E-state index is 0.0885. The zero-order chi connectivity index (χ0) is 20.8. The fourth-order valence-corrected chi connectivity index (χ4v) is 5.10. The second-order valence-corrected chi connectivity index (χ2v) is 8.98. The van der Waals surface area contributed by atoms with Crippen LogP contribution in [-0.4, -0.2) is 54.0 Å². The molecule has 3 heterocycles. The lowest BCUT2D eigenvalue weighted by molar-refractivity contribution is -0.134. The van der Waals surface area contributed by atoms with Crippen molar-refractivity contribution in [2.45, 2.75) is 18.9 Å². The Balaban J connectivity index is 1.49. The van der Waals surface area contributed by atoms with Crippen LogP contribution in [-0.2, 0) is 11.3 Å². The van der Waals surface area contributed by atoms with Crippen LogP contribution in [0.3, 0.4) is 0 Å². The molecule has 0 spiro atoms. The van der Waals surface area contributed by atoms with Crippen LogP contribution >= 0.6 is 0 Å². The quantitative estimate of drug-likeness (QED) is 0.677. The Hall–Kier alpha value is -2.92. The summed E-state index contributed by atoms with van der Waals surface area (Å²) in [6.07, 6.45) is 1.06. The molecule has 2 unspecified atom stereocenters. The van der Waals surface area contributed by atoms with Crippen molar-refractivity contribution in [2.75, 3.05) is 33.7 Å². The highest BCUT2D eigenvalue weighted by atomic mass is 16.2. The molecule has 154 valence electrons. The molecule has 1 saturated heterocycles. The van der Waals surface area contributed by atoms with Crippen LogP contribution in [0.25, 0.3) is 21.9 Å². The largest absolute Gasteiger partial charge is 0.341 e. The molecule has 5 heteroatoms. The van der Waals surface area contributed by atoms with Crippen molar-refractivity contribution in [2.24, 2.45) is 5.92 Å². The first kappa shape index (κ1) is 19.1. The maximum Gasteiger partial charge on any atom is 0.258 e. The summed E-state index contributed by atoms with van der Waals surface area (Å²) in [6, 6.07) is 18.5. The molecule has 0 saturated carbocycles. The van der Waals surface area contributed by atoms with E-state index in [1.165, 1.54) is 5.39 Å². The lowest BCUT2D eigenvalue weighted by Crippen LogP contribution is -2.51. The number of carbonyl (C=O) groups excluding carboxylic acids is 1. The van der Waals surface area contributed by atoms with Gasteiger partial charge in [-0.3, -0.25) is 9.59 Å². The van der Waals surface area contributed by atoms with Gasteiger partial charge in [0.05, 0.1) is 6.54 Å². The number of rotatable bonds is 3. The highest BCUT2D eigenvalue weighted by Gasteiger charge is 2.36. The van der Waals surface area contributed by atoms with E-state index in [1.807, 2.05) is 52.7 Å². The highest BCUT2D eigenvalue weighted by Crippen LogP contribution is 2.36. The summed E-state index contributed by atoms with van der Waals surface area (Å²) in [5.74, 6) is 0.757. The predicted molar refractivity (Wildman–Crippen MR) is 120 cm³/mol. The van der Waals surface area contributed by atoms with E-state index in [0.717, 1.165) is 35.2 Å². The summed E-state index contributed by atoms with van der Waals surface area (Å²) < 4.78 is 1.97. The molecule has 1 amide bonds. The predicted octanol–water partition coefficient (Wildman–Crippen LogP) is 3.18. The number of likely N-dealkylation sites (N-methyl/N-ethyl adjacent to an activating group) is 1. The number of carbonyl (C=O) groups is 1. The Morgan fingerprint density at radius 3 is 2.60 bits per heavy atom. The fraction of sp³-hybridized carbons (Fsp3) is 0.360. The van der Waals surface area contributed by atoms with Crippen LogP contribution in [0.2, 0.25) is 0 Å². The summed E-state index contributed by atoms with van der Waals surface area (Å²) in [5, 5.41) is 2.32. The second-order valence-electron chi connectivity index (χ2n) is 8.98. The SMILES string of the molecule is CN(C)CC(=O)N1CC2CC(C1)c1ccc(-c3ccc4ccccc4c3)c(=O)n1C2. The molecule has 5 nitrogen and oxygen atoms in total. The normalized spacial score (nSPS) is 20.4. The standard InChI is InChI=1S/C25H27N3O2/c1-26(2)16-24(29)27-13-17-11-21(15-27)23-10-9-22(25(30)28(23)14-17)20-8-7-18-5-3-4-6-19(18)12-20/h3-10,12,17,21H,11,13-16H2,1-2H3. The molecule has 2 atom stereocenters. The molecule has 3 aromatic rings. The molecule has 2 aromatic carbocycles. The van der Waals surface area contributed by atoms with Gasteiger partial charge in [-0.15, -0.1) is 0 Å². The van der Waals surface area contributed by atoms with E-state index in [4.69, 9.17) is 0 Å². The van der Waals surface area contributed by atoms with Gasteiger partial charge in [-0.2, -0.15) is 0 Å². The van der Waals surface area contributed by atoms with Crippen LogP contribution in [0.1, 0.15) is 18.0 Å². The van der Waals surface area contributed by atoms with Crippen molar-refractivity contribution in [1.82, 2.24) is 14.4 Å².